The van der Waals surface area contributed by atoms with Crippen LogP contribution in [-0.4, -0.2) is 30.9 Å². The van der Waals surface area contributed by atoms with E-state index in [9.17, 15) is 13.2 Å². The van der Waals surface area contributed by atoms with E-state index < -0.39 is 12.8 Å². The van der Waals surface area contributed by atoms with Crippen LogP contribution in [0, 0.1) is 0 Å². The van der Waals surface area contributed by atoms with E-state index in [0.717, 1.165) is 0 Å². The van der Waals surface area contributed by atoms with Gasteiger partial charge in [0, 0.05) is 0 Å². The molecule has 1 aromatic rings. The summed E-state index contributed by atoms with van der Waals surface area (Å²) >= 11 is 0. The molecular weight excluding hydrogens is 265 g/mol. The van der Waals surface area contributed by atoms with Gasteiger partial charge in [-0.15, -0.1) is 0 Å². The summed E-state index contributed by atoms with van der Waals surface area (Å²) in [6.45, 7) is -1.54. The van der Waals surface area contributed by atoms with Crippen molar-refractivity contribution in [3.8, 4) is 5.75 Å². The Morgan fingerprint density at radius 3 is 2.63 bits per heavy atom. The third-order valence-electron chi connectivity index (χ3n) is 2.18. The molecule has 5 nitrogen and oxygen atoms in total. The van der Waals surface area contributed by atoms with Crippen molar-refractivity contribution >= 4 is 5.84 Å². The van der Waals surface area contributed by atoms with Crippen molar-refractivity contribution < 1.29 is 27.9 Å². The summed E-state index contributed by atoms with van der Waals surface area (Å²) < 4.78 is 45.3. The fourth-order valence-electron chi connectivity index (χ4n) is 1.38. The standard InChI is InChI=1S/C11H13F3N2O3/c1-18-9-4-7(5-19-6-11(12,13)14)2-3-8(9)10(15)16-17/h2-4,17H,5-6H2,1H3,(H2,15,16). The average molecular weight is 278 g/mol. The Balaban J connectivity index is 2.77. The van der Waals surface area contributed by atoms with E-state index in [1.807, 2.05) is 0 Å². The van der Waals surface area contributed by atoms with Crippen LogP contribution < -0.4 is 10.5 Å². The van der Waals surface area contributed by atoms with Crippen LogP contribution in [0.5, 0.6) is 5.75 Å². The second-order valence-corrected chi connectivity index (χ2v) is 3.63. The summed E-state index contributed by atoms with van der Waals surface area (Å²) in [7, 11) is 1.36. The lowest BCUT2D eigenvalue weighted by molar-refractivity contribution is -0.176. The molecular formula is C11H13F3N2O3. The molecule has 0 aliphatic carbocycles. The number of halogens is 3. The summed E-state index contributed by atoms with van der Waals surface area (Å²) in [5.74, 6) is 0.128. The lowest BCUT2D eigenvalue weighted by Crippen LogP contribution is -2.17. The third kappa shape index (κ3) is 4.66. The van der Waals surface area contributed by atoms with Gasteiger partial charge in [0.05, 0.1) is 19.3 Å². The van der Waals surface area contributed by atoms with Crippen molar-refractivity contribution in [1.29, 1.82) is 0 Å². The maximum absolute atomic E-state index is 11.9. The van der Waals surface area contributed by atoms with Gasteiger partial charge < -0.3 is 20.4 Å². The van der Waals surface area contributed by atoms with Gasteiger partial charge in [-0.2, -0.15) is 13.2 Å². The van der Waals surface area contributed by atoms with Crippen molar-refractivity contribution in [2.45, 2.75) is 12.8 Å². The summed E-state index contributed by atoms with van der Waals surface area (Å²) in [4.78, 5) is 0. The molecule has 19 heavy (non-hydrogen) atoms. The largest absolute Gasteiger partial charge is 0.496 e. The zero-order chi connectivity index (χ0) is 14.5. The smallest absolute Gasteiger partial charge is 0.411 e. The fourth-order valence-corrected chi connectivity index (χ4v) is 1.38. The average Bonchev–Trinajstić information content (AvgIpc) is 2.36. The molecule has 1 rings (SSSR count). The zero-order valence-corrected chi connectivity index (χ0v) is 10.1. The fraction of sp³-hybridized carbons (Fsp3) is 0.364. The summed E-state index contributed by atoms with van der Waals surface area (Å²) in [6, 6.07) is 4.44. The zero-order valence-electron chi connectivity index (χ0n) is 10.1. The number of oxime groups is 1. The SMILES string of the molecule is COc1cc(COCC(F)(F)F)ccc1/C(N)=N/O. The first-order valence-electron chi connectivity index (χ1n) is 5.16. The minimum atomic E-state index is -4.36. The van der Waals surface area contributed by atoms with Crippen LogP contribution in [0.15, 0.2) is 23.4 Å². The van der Waals surface area contributed by atoms with Gasteiger partial charge in [0.2, 0.25) is 0 Å². The predicted octanol–water partition coefficient (Wildman–Crippen LogP) is 1.87. The molecule has 0 aliphatic heterocycles. The Morgan fingerprint density at radius 2 is 2.11 bits per heavy atom. The number of methoxy groups -OCH3 is 1. The van der Waals surface area contributed by atoms with Crippen LogP contribution in [-0.2, 0) is 11.3 Å². The highest BCUT2D eigenvalue weighted by Crippen LogP contribution is 2.21. The molecule has 0 atom stereocenters. The molecule has 0 heterocycles. The Bertz CT molecular complexity index is 461. The van der Waals surface area contributed by atoms with Crippen molar-refractivity contribution in [2.24, 2.45) is 10.9 Å². The van der Waals surface area contributed by atoms with E-state index in [4.69, 9.17) is 15.7 Å². The van der Waals surface area contributed by atoms with E-state index in [1.165, 1.54) is 25.3 Å². The second-order valence-electron chi connectivity index (χ2n) is 3.63. The lowest BCUT2D eigenvalue weighted by atomic mass is 10.1. The highest BCUT2D eigenvalue weighted by Gasteiger charge is 2.27. The van der Waals surface area contributed by atoms with Gasteiger partial charge in [-0.05, 0) is 17.7 Å². The number of hydrogen-bond donors (Lipinski definition) is 2. The van der Waals surface area contributed by atoms with Crippen LogP contribution >= 0.6 is 0 Å². The molecule has 0 unspecified atom stereocenters. The Labute approximate surface area is 107 Å². The molecule has 0 saturated heterocycles. The third-order valence-corrected chi connectivity index (χ3v) is 2.18. The molecule has 0 amide bonds. The molecule has 0 fully saturated rings. The number of amidine groups is 1. The first kappa shape index (κ1) is 15.1. The van der Waals surface area contributed by atoms with Crippen LogP contribution in [0.25, 0.3) is 0 Å². The maximum Gasteiger partial charge on any atom is 0.411 e. The molecule has 1 aromatic carbocycles. The van der Waals surface area contributed by atoms with E-state index in [-0.39, 0.29) is 18.2 Å². The van der Waals surface area contributed by atoms with E-state index >= 15 is 0 Å². The normalized spacial score (nSPS) is 12.5. The van der Waals surface area contributed by atoms with Crippen molar-refractivity contribution in [1.82, 2.24) is 0 Å². The molecule has 0 saturated carbocycles. The first-order valence-corrected chi connectivity index (χ1v) is 5.16. The van der Waals surface area contributed by atoms with E-state index in [0.29, 0.717) is 11.1 Å². The van der Waals surface area contributed by atoms with Gasteiger partial charge in [-0.25, -0.2) is 0 Å². The molecule has 0 aromatic heterocycles. The molecule has 106 valence electrons. The summed E-state index contributed by atoms with van der Waals surface area (Å²) in [5, 5.41) is 11.4. The minimum absolute atomic E-state index is 0.153. The quantitative estimate of drug-likeness (QED) is 0.373. The summed E-state index contributed by atoms with van der Waals surface area (Å²) in [5.41, 5.74) is 6.24. The molecule has 0 spiro atoms. The molecule has 8 heteroatoms. The van der Waals surface area contributed by atoms with Gasteiger partial charge in [0.25, 0.3) is 0 Å². The maximum atomic E-state index is 11.9. The van der Waals surface area contributed by atoms with Crippen LogP contribution in [0.3, 0.4) is 0 Å². The van der Waals surface area contributed by atoms with Crippen molar-refractivity contribution in [3.05, 3.63) is 29.3 Å². The lowest BCUT2D eigenvalue weighted by Gasteiger charge is -2.11. The van der Waals surface area contributed by atoms with Gasteiger partial charge in [0.15, 0.2) is 5.84 Å². The Morgan fingerprint density at radius 1 is 1.42 bits per heavy atom. The van der Waals surface area contributed by atoms with Gasteiger partial charge in [0.1, 0.15) is 12.4 Å². The van der Waals surface area contributed by atoms with Crippen molar-refractivity contribution in [3.63, 3.8) is 0 Å². The van der Waals surface area contributed by atoms with Crippen molar-refractivity contribution in [2.75, 3.05) is 13.7 Å². The number of benzene rings is 1. The number of hydrogen-bond acceptors (Lipinski definition) is 4. The Hall–Kier alpha value is -1.96. The van der Waals surface area contributed by atoms with Gasteiger partial charge in [-0.1, -0.05) is 11.2 Å². The van der Waals surface area contributed by atoms with Crippen LogP contribution in [0.1, 0.15) is 11.1 Å². The number of rotatable bonds is 5. The Kier molecular flexibility index (Phi) is 4.99. The number of nitrogens with two attached hydrogens (primary N) is 1. The summed E-state index contributed by atoms with van der Waals surface area (Å²) in [6.07, 6.45) is -4.36. The molecule has 0 radical (unpaired) electrons. The highest BCUT2D eigenvalue weighted by molar-refractivity contribution is 5.99. The monoisotopic (exact) mass is 278 g/mol. The van der Waals surface area contributed by atoms with Gasteiger partial charge in [-0.3, -0.25) is 0 Å². The predicted molar refractivity (Wildman–Crippen MR) is 61.2 cm³/mol. The topological polar surface area (TPSA) is 77.1 Å². The number of alkyl halides is 3. The molecule has 3 N–H and O–H groups in total. The molecule has 0 bridgehead atoms. The first-order chi connectivity index (χ1) is 8.87. The minimum Gasteiger partial charge on any atom is -0.496 e. The number of ether oxygens (including phenoxy) is 2. The molecule has 0 aliphatic rings. The highest BCUT2D eigenvalue weighted by atomic mass is 19.4. The van der Waals surface area contributed by atoms with Crippen LogP contribution in [0.2, 0.25) is 0 Å². The van der Waals surface area contributed by atoms with Crippen LogP contribution in [0.4, 0.5) is 13.2 Å². The van der Waals surface area contributed by atoms with E-state index in [1.54, 1.807) is 0 Å². The number of nitrogens with zero attached hydrogens (tertiary/aromatic N) is 1. The van der Waals surface area contributed by atoms with Gasteiger partial charge >= 0.3 is 6.18 Å². The second kappa shape index (κ2) is 6.28. The van der Waals surface area contributed by atoms with E-state index in [2.05, 4.69) is 9.89 Å².